The van der Waals surface area contributed by atoms with E-state index in [1.165, 1.54) is 12.1 Å². The molecule has 2 aromatic carbocycles. The third-order valence-electron chi connectivity index (χ3n) is 3.41. The molecule has 0 aromatic heterocycles. The highest BCUT2D eigenvalue weighted by Gasteiger charge is 2.10. The van der Waals surface area contributed by atoms with Crippen LogP contribution in [-0.4, -0.2) is 23.7 Å². The van der Waals surface area contributed by atoms with Crippen LogP contribution in [0, 0.1) is 5.82 Å². The average molecular weight is 331 g/mol. The minimum atomic E-state index is -0.796. The quantitative estimate of drug-likeness (QED) is 0.820. The van der Waals surface area contributed by atoms with Crippen molar-refractivity contribution < 1.29 is 19.0 Å². The highest BCUT2D eigenvalue weighted by Crippen LogP contribution is 2.18. The van der Waals surface area contributed by atoms with Crippen LogP contribution in [-0.2, 0) is 11.2 Å². The van der Waals surface area contributed by atoms with Crippen LogP contribution >= 0.6 is 0 Å². The predicted molar refractivity (Wildman–Crippen MR) is 90.3 cm³/mol. The van der Waals surface area contributed by atoms with Crippen molar-refractivity contribution in [3.63, 3.8) is 0 Å². The van der Waals surface area contributed by atoms with Crippen molar-refractivity contribution in [2.45, 2.75) is 32.5 Å². The maximum absolute atomic E-state index is 12.8. The first-order valence-corrected chi connectivity index (χ1v) is 7.90. The first kappa shape index (κ1) is 17.9. The van der Waals surface area contributed by atoms with Crippen molar-refractivity contribution in [3.8, 4) is 5.75 Å². The van der Waals surface area contributed by atoms with Gasteiger partial charge in [-0.05, 0) is 49.2 Å². The number of aliphatic hydroxyl groups excluding tert-OH is 1. The first-order valence-electron chi connectivity index (χ1n) is 7.90. The minimum absolute atomic E-state index is 0.0894. The van der Waals surface area contributed by atoms with E-state index in [2.05, 4.69) is 5.32 Å². The maximum atomic E-state index is 12.8. The van der Waals surface area contributed by atoms with Crippen molar-refractivity contribution in [1.29, 1.82) is 0 Å². The van der Waals surface area contributed by atoms with Gasteiger partial charge < -0.3 is 15.2 Å². The molecular weight excluding hydrogens is 309 g/mol. The van der Waals surface area contributed by atoms with Crippen LogP contribution in [0.3, 0.4) is 0 Å². The summed E-state index contributed by atoms with van der Waals surface area (Å²) in [7, 11) is 0. The van der Waals surface area contributed by atoms with E-state index in [9.17, 15) is 14.3 Å². The van der Waals surface area contributed by atoms with E-state index in [1.807, 2.05) is 13.8 Å². The number of rotatable bonds is 7. The lowest BCUT2D eigenvalue weighted by Gasteiger charge is -2.14. The zero-order chi connectivity index (χ0) is 17.5. The number of hydrogen-bond donors (Lipinski definition) is 2. The molecule has 2 rings (SSSR count). The lowest BCUT2D eigenvalue weighted by Crippen LogP contribution is -2.29. The van der Waals surface area contributed by atoms with Gasteiger partial charge in [-0.3, -0.25) is 4.79 Å². The molecule has 24 heavy (non-hydrogen) atoms. The smallest absolute Gasteiger partial charge is 0.224 e. The molecule has 0 heterocycles. The van der Waals surface area contributed by atoms with Crippen molar-refractivity contribution in [2.24, 2.45) is 0 Å². The summed E-state index contributed by atoms with van der Waals surface area (Å²) in [5.41, 5.74) is 1.42. The fourth-order valence-corrected chi connectivity index (χ4v) is 2.22. The maximum Gasteiger partial charge on any atom is 0.224 e. The molecule has 0 aliphatic rings. The normalized spacial score (nSPS) is 12.0. The lowest BCUT2D eigenvalue weighted by atomic mass is 10.1. The predicted octanol–water partition coefficient (Wildman–Crippen LogP) is 3.01. The number of benzene rings is 2. The molecule has 2 aromatic rings. The SMILES string of the molecule is CC(C)Oc1ccc([C@@H](O)CNC(=O)Cc2ccc(F)cc2)cc1. The molecular formula is C19H22FNO3. The molecule has 4 nitrogen and oxygen atoms in total. The molecule has 0 fully saturated rings. The number of ether oxygens (including phenoxy) is 1. The summed E-state index contributed by atoms with van der Waals surface area (Å²) in [6.45, 7) is 4.00. The molecule has 0 bridgehead atoms. The summed E-state index contributed by atoms with van der Waals surface area (Å²) in [6.07, 6.45) is -0.560. The van der Waals surface area contributed by atoms with Gasteiger partial charge in [0.1, 0.15) is 11.6 Å². The van der Waals surface area contributed by atoms with Crippen LogP contribution in [0.15, 0.2) is 48.5 Å². The van der Waals surface area contributed by atoms with Gasteiger partial charge in [0.15, 0.2) is 0 Å². The van der Waals surface area contributed by atoms with E-state index in [0.29, 0.717) is 5.56 Å². The van der Waals surface area contributed by atoms with Gasteiger partial charge in [0.25, 0.3) is 0 Å². The zero-order valence-electron chi connectivity index (χ0n) is 13.8. The molecule has 0 aliphatic heterocycles. The van der Waals surface area contributed by atoms with Gasteiger partial charge in [0, 0.05) is 6.54 Å². The van der Waals surface area contributed by atoms with Gasteiger partial charge >= 0.3 is 0 Å². The topological polar surface area (TPSA) is 58.6 Å². The Bertz CT molecular complexity index is 653. The van der Waals surface area contributed by atoms with E-state index in [0.717, 1.165) is 11.3 Å². The van der Waals surface area contributed by atoms with Gasteiger partial charge in [0.05, 0.1) is 18.6 Å². The van der Waals surface area contributed by atoms with E-state index < -0.39 is 6.10 Å². The highest BCUT2D eigenvalue weighted by atomic mass is 19.1. The van der Waals surface area contributed by atoms with Gasteiger partial charge in [0.2, 0.25) is 5.91 Å². The van der Waals surface area contributed by atoms with E-state index in [1.54, 1.807) is 36.4 Å². The van der Waals surface area contributed by atoms with Gasteiger partial charge in [-0.1, -0.05) is 24.3 Å². The fourth-order valence-electron chi connectivity index (χ4n) is 2.22. The van der Waals surface area contributed by atoms with Crippen molar-refractivity contribution in [2.75, 3.05) is 6.54 Å². The van der Waals surface area contributed by atoms with Crippen LogP contribution in [0.2, 0.25) is 0 Å². The summed E-state index contributed by atoms with van der Waals surface area (Å²) < 4.78 is 18.4. The van der Waals surface area contributed by atoms with E-state index in [4.69, 9.17) is 4.74 Å². The molecule has 0 saturated heterocycles. The minimum Gasteiger partial charge on any atom is -0.491 e. The molecule has 0 saturated carbocycles. The van der Waals surface area contributed by atoms with Crippen molar-refractivity contribution in [3.05, 3.63) is 65.5 Å². The number of nitrogens with one attached hydrogen (secondary N) is 1. The number of amides is 1. The Morgan fingerprint density at radius 3 is 2.33 bits per heavy atom. The Labute approximate surface area is 141 Å². The third kappa shape index (κ3) is 5.66. The second-order valence-corrected chi connectivity index (χ2v) is 5.86. The number of carbonyl (C=O) groups is 1. The molecule has 1 atom stereocenters. The fraction of sp³-hybridized carbons (Fsp3) is 0.316. The zero-order valence-corrected chi connectivity index (χ0v) is 13.8. The second-order valence-electron chi connectivity index (χ2n) is 5.86. The highest BCUT2D eigenvalue weighted by molar-refractivity contribution is 5.78. The molecule has 0 radical (unpaired) electrons. The molecule has 5 heteroatoms. The van der Waals surface area contributed by atoms with Crippen LogP contribution in [0.25, 0.3) is 0 Å². The van der Waals surface area contributed by atoms with Crippen LogP contribution in [0.4, 0.5) is 4.39 Å². The molecule has 0 spiro atoms. The number of aliphatic hydroxyl groups is 1. The van der Waals surface area contributed by atoms with Gasteiger partial charge in [-0.15, -0.1) is 0 Å². The van der Waals surface area contributed by atoms with Crippen LogP contribution < -0.4 is 10.1 Å². The molecule has 1 amide bonds. The Kier molecular flexibility index (Phi) is 6.32. The van der Waals surface area contributed by atoms with Crippen molar-refractivity contribution >= 4 is 5.91 Å². The summed E-state index contributed by atoms with van der Waals surface area (Å²) in [5, 5.41) is 12.8. The molecule has 0 unspecified atom stereocenters. The monoisotopic (exact) mass is 331 g/mol. The average Bonchev–Trinajstić information content (AvgIpc) is 2.55. The summed E-state index contributed by atoms with van der Waals surface area (Å²) in [4.78, 5) is 11.9. The number of halogens is 1. The first-order chi connectivity index (χ1) is 11.4. The summed E-state index contributed by atoms with van der Waals surface area (Å²) >= 11 is 0. The lowest BCUT2D eigenvalue weighted by molar-refractivity contribution is -0.120. The largest absolute Gasteiger partial charge is 0.491 e. The number of carbonyl (C=O) groups excluding carboxylic acids is 1. The van der Waals surface area contributed by atoms with Crippen molar-refractivity contribution in [1.82, 2.24) is 5.32 Å². The third-order valence-corrected chi connectivity index (χ3v) is 3.41. The second kappa shape index (κ2) is 8.45. The molecule has 2 N–H and O–H groups in total. The molecule has 128 valence electrons. The Balaban J connectivity index is 1.82. The molecule has 0 aliphatic carbocycles. The van der Waals surface area contributed by atoms with Crippen LogP contribution in [0.1, 0.15) is 31.1 Å². The van der Waals surface area contributed by atoms with Gasteiger partial charge in [-0.2, -0.15) is 0 Å². The number of hydrogen-bond acceptors (Lipinski definition) is 3. The van der Waals surface area contributed by atoms with E-state index in [-0.39, 0.29) is 30.8 Å². The summed E-state index contributed by atoms with van der Waals surface area (Å²) in [5.74, 6) is 0.182. The van der Waals surface area contributed by atoms with E-state index >= 15 is 0 Å². The van der Waals surface area contributed by atoms with Gasteiger partial charge in [-0.25, -0.2) is 4.39 Å². The van der Waals surface area contributed by atoms with Crippen LogP contribution in [0.5, 0.6) is 5.75 Å². The summed E-state index contributed by atoms with van der Waals surface area (Å²) in [6, 6.07) is 12.9. The Morgan fingerprint density at radius 2 is 1.75 bits per heavy atom. The Morgan fingerprint density at radius 1 is 1.12 bits per heavy atom. The standard InChI is InChI=1S/C19H22FNO3/c1-13(2)24-17-9-5-15(6-10-17)18(22)12-21-19(23)11-14-3-7-16(20)8-4-14/h3-10,13,18,22H,11-12H2,1-2H3,(H,21,23)/t18-/m0/s1. The Hall–Kier alpha value is -2.40.